The van der Waals surface area contributed by atoms with E-state index in [9.17, 15) is 0 Å². The molecule has 0 N–H and O–H groups in total. The van der Waals surface area contributed by atoms with Crippen molar-refractivity contribution in [1.29, 1.82) is 0 Å². The maximum absolute atomic E-state index is 6.61. The highest BCUT2D eigenvalue weighted by atomic mass is 16.3. The molecule has 220 valence electrons. The minimum absolute atomic E-state index is 0.857. The molecule has 0 atom stereocenters. The third-order valence-electron chi connectivity index (χ3n) is 9.45. The van der Waals surface area contributed by atoms with Gasteiger partial charge in [0.1, 0.15) is 22.3 Å². The van der Waals surface area contributed by atoms with Crippen LogP contribution in [0.1, 0.15) is 0 Å². The molecule has 8 aromatic carbocycles. The van der Waals surface area contributed by atoms with Crippen molar-refractivity contribution in [2.24, 2.45) is 0 Å². The van der Waals surface area contributed by atoms with E-state index >= 15 is 0 Å². The van der Waals surface area contributed by atoms with Crippen LogP contribution in [0.3, 0.4) is 0 Å². The first-order chi connectivity index (χ1) is 23.3. The van der Waals surface area contributed by atoms with Crippen molar-refractivity contribution >= 4 is 82.5 Å². The zero-order valence-electron chi connectivity index (χ0n) is 25.4. The predicted molar refractivity (Wildman–Crippen MR) is 196 cm³/mol. The minimum atomic E-state index is 0.857. The number of hydrogen-bond donors (Lipinski definition) is 0. The molecule has 0 aliphatic rings. The molecule has 0 radical (unpaired) electrons. The van der Waals surface area contributed by atoms with E-state index in [1.54, 1.807) is 0 Å². The summed E-state index contributed by atoms with van der Waals surface area (Å²) in [6, 6.07) is 57.8. The summed E-state index contributed by atoms with van der Waals surface area (Å²) < 4.78 is 13.0. The van der Waals surface area contributed by atoms with E-state index in [2.05, 4.69) is 157 Å². The van der Waals surface area contributed by atoms with Crippen molar-refractivity contribution in [1.82, 2.24) is 0 Å². The van der Waals surface area contributed by atoms with Crippen LogP contribution in [-0.4, -0.2) is 0 Å². The Morgan fingerprint density at radius 1 is 0.383 bits per heavy atom. The van der Waals surface area contributed by atoms with Gasteiger partial charge in [-0.1, -0.05) is 109 Å². The van der Waals surface area contributed by atoms with Crippen molar-refractivity contribution in [3.05, 3.63) is 164 Å². The summed E-state index contributed by atoms with van der Waals surface area (Å²) in [5.41, 5.74) is 9.02. The molecular weight excluding hydrogens is 574 g/mol. The number of nitrogens with zero attached hydrogens (tertiary/aromatic N) is 1. The molecule has 47 heavy (non-hydrogen) atoms. The van der Waals surface area contributed by atoms with Gasteiger partial charge in [-0.25, -0.2) is 0 Å². The van der Waals surface area contributed by atoms with Gasteiger partial charge in [0.2, 0.25) is 0 Å². The quantitative estimate of drug-likeness (QED) is 0.201. The highest BCUT2D eigenvalue weighted by molar-refractivity contribution is 6.19. The number of hydrogen-bond acceptors (Lipinski definition) is 3. The molecule has 0 aliphatic carbocycles. The Labute approximate surface area is 270 Å². The monoisotopic (exact) mass is 601 g/mol. The van der Waals surface area contributed by atoms with Gasteiger partial charge in [0.15, 0.2) is 0 Å². The van der Waals surface area contributed by atoms with Crippen LogP contribution in [0.5, 0.6) is 0 Å². The molecule has 0 aliphatic heterocycles. The number of furan rings is 2. The van der Waals surface area contributed by atoms with E-state index in [0.29, 0.717) is 0 Å². The van der Waals surface area contributed by atoms with Crippen LogP contribution in [0, 0.1) is 0 Å². The second-order valence-corrected chi connectivity index (χ2v) is 12.1. The Bertz CT molecular complexity index is 2800. The first-order valence-corrected chi connectivity index (χ1v) is 15.9. The van der Waals surface area contributed by atoms with E-state index in [1.165, 1.54) is 21.9 Å². The third-order valence-corrected chi connectivity index (χ3v) is 9.45. The lowest BCUT2D eigenvalue weighted by Crippen LogP contribution is -2.10. The van der Waals surface area contributed by atoms with Crippen LogP contribution in [0.4, 0.5) is 17.1 Å². The minimum Gasteiger partial charge on any atom is -0.456 e. The van der Waals surface area contributed by atoms with Gasteiger partial charge in [0, 0.05) is 39.0 Å². The number of fused-ring (bicyclic) bond motifs is 9. The van der Waals surface area contributed by atoms with Crippen molar-refractivity contribution in [2.45, 2.75) is 0 Å². The molecule has 0 spiro atoms. The summed E-state index contributed by atoms with van der Waals surface area (Å²) >= 11 is 0. The van der Waals surface area contributed by atoms with Crippen molar-refractivity contribution in [3.63, 3.8) is 0 Å². The predicted octanol–water partition coefficient (Wildman–Crippen LogP) is 12.9. The zero-order valence-corrected chi connectivity index (χ0v) is 25.4. The Hall–Kier alpha value is -6.32. The van der Waals surface area contributed by atoms with Gasteiger partial charge in [-0.15, -0.1) is 0 Å². The van der Waals surface area contributed by atoms with Crippen LogP contribution in [0.2, 0.25) is 0 Å². The fourth-order valence-electron chi connectivity index (χ4n) is 7.27. The molecule has 0 bridgehead atoms. The lowest BCUT2D eigenvalue weighted by molar-refractivity contribution is 0.669. The Kier molecular flexibility index (Phi) is 5.57. The molecule has 0 fully saturated rings. The lowest BCUT2D eigenvalue weighted by Gasteiger charge is -2.26. The summed E-state index contributed by atoms with van der Waals surface area (Å²) in [6.07, 6.45) is 0. The van der Waals surface area contributed by atoms with Crippen molar-refractivity contribution in [3.8, 4) is 11.1 Å². The fraction of sp³-hybridized carbons (Fsp3) is 0. The van der Waals surface area contributed by atoms with Gasteiger partial charge in [-0.3, -0.25) is 0 Å². The molecule has 2 aromatic heterocycles. The van der Waals surface area contributed by atoms with E-state index in [-0.39, 0.29) is 0 Å². The van der Waals surface area contributed by atoms with Gasteiger partial charge >= 0.3 is 0 Å². The van der Waals surface area contributed by atoms with E-state index in [4.69, 9.17) is 8.83 Å². The first-order valence-electron chi connectivity index (χ1n) is 15.9. The number of anilines is 3. The summed E-state index contributed by atoms with van der Waals surface area (Å²) in [7, 11) is 0. The Balaban J connectivity index is 1.21. The second-order valence-electron chi connectivity index (χ2n) is 12.1. The maximum atomic E-state index is 6.61. The molecule has 0 unspecified atom stereocenters. The largest absolute Gasteiger partial charge is 0.456 e. The second kappa shape index (κ2) is 10.1. The average molecular weight is 602 g/mol. The van der Waals surface area contributed by atoms with Crippen LogP contribution in [-0.2, 0) is 0 Å². The number of rotatable bonds is 4. The van der Waals surface area contributed by atoms with Crippen LogP contribution in [0.15, 0.2) is 173 Å². The smallest absolute Gasteiger partial charge is 0.143 e. The molecular formula is C44H27NO2. The standard InChI is InChI=1S/C44H27NO2/c1-3-12-33-28(9-1)11-7-15-34(33)30-19-22-31(23-20-30)45(32-24-26-37-36-14-5-6-17-40(36)46-42(37)27-32)39-16-8-18-41-43(39)38-25-21-29-10-2-4-13-35(29)44(38)47-41/h1-27H. The lowest BCUT2D eigenvalue weighted by atomic mass is 9.98. The maximum Gasteiger partial charge on any atom is 0.143 e. The summed E-state index contributed by atoms with van der Waals surface area (Å²) in [5.74, 6) is 0. The summed E-state index contributed by atoms with van der Waals surface area (Å²) in [5, 5.41) is 9.16. The molecule has 2 heterocycles. The van der Waals surface area contributed by atoms with Gasteiger partial charge in [0.25, 0.3) is 0 Å². The Morgan fingerprint density at radius 3 is 1.89 bits per heavy atom. The highest BCUT2D eigenvalue weighted by Gasteiger charge is 2.21. The number of para-hydroxylation sites is 1. The highest BCUT2D eigenvalue weighted by Crippen LogP contribution is 2.45. The molecule has 0 amide bonds. The van der Waals surface area contributed by atoms with E-state index in [1.807, 2.05) is 12.1 Å². The van der Waals surface area contributed by atoms with E-state index < -0.39 is 0 Å². The summed E-state index contributed by atoms with van der Waals surface area (Å²) in [4.78, 5) is 2.33. The molecule has 3 heteroatoms. The zero-order chi connectivity index (χ0) is 30.9. The van der Waals surface area contributed by atoms with Crippen molar-refractivity contribution in [2.75, 3.05) is 4.90 Å². The summed E-state index contributed by atoms with van der Waals surface area (Å²) in [6.45, 7) is 0. The van der Waals surface area contributed by atoms with E-state index in [0.717, 1.165) is 71.7 Å². The van der Waals surface area contributed by atoms with Crippen molar-refractivity contribution < 1.29 is 8.83 Å². The van der Waals surface area contributed by atoms with Crippen LogP contribution >= 0.6 is 0 Å². The normalized spacial score (nSPS) is 11.8. The first kappa shape index (κ1) is 26.0. The fourth-order valence-corrected chi connectivity index (χ4v) is 7.27. The number of benzene rings is 8. The van der Waals surface area contributed by atoms with Gasteiger partial charge < -0.3 is 13.7 Å². The topological polar surface area (TPSA) is 29.5 Å². The Morgan fingerprint density at radius 2 is 1.02 bits per heavy atom. The molecule has 10 aromatic rings. The van der Waals surface area contributed by atoms with Crippen LogP contribution < -0.4 is 4.90 Å². The SMILES string of the molecule is c1ccc2c(-c3ccc(N(c4ccc5c(c4)oc4ccccc45)c4cccc5oc6c7ccccc7ccc6c45)cc3)cccc2c1. The molecule has 0 saturated heterocycles. The van der Waals surface area contributed by atoms with Gasteiger partial charge in [-0.05, 0) is 75.8 Å². The molecule has 3 nitrogen and oxygen atoms in total. The molecule has 10 rings (SSSR count). The molecule has 0 saturated carbocycles. The average Bonchev–Trinajstić information content (AvgIpc) is 3.71. The van der Waals surface area contributed by atoms with Gasteiger partial charge in [0.05, 0.1) is 11.1 Å². The third kappa shape index (κ3) is 4.00. The van der Waals surface area contributed by atoms with Crippen LogP contribution in [0.25, 0.3) is 76.5 Å². The van der Waals surface area contributed by atoms with Gasteiger partial charge in [-0.2, -0.15) is 0 Å².